The smallest absolute Gasteiger partial charge is 0.314 e. The summed E-state index contributed by atoms with van der Waals surface area (Å²) in [6.45, 7) is 3.42. The Morgan fingerprint density at radius 3 is 2.28 bits per heavy atom. The third-order valence-corrected chi connectivity index (χ3v) is 2.76. The summed E-state index contributed by atoms with van der Waals surface area (Å²) < 4.78 is 4.87. The van der Waals surface area contributed by atoms with E-state index in [4.69, 9.17) is 22.1 Å². The van der Waals surface area contributed by atoms with Crippen molar-refractivity contribution in [1.29, 1.82) is 0 Å². The van der Waals surface area contributed by atoms with Crippen LogP contribution in [0.3, 0.4) is 0 Å². The van der Waals surface area contributed by atoms with Gasteiger partial charge in [-0.15, -0.1) is 0 Å². The van der Waals surface area contributed by atoms with Crippen LogP contribution in [0.25, 0.3) is 0 Å². The first-order valence-corrected chi connectivity index (χ1v) is 6.00. The van der Waals surface area contributed by atoms with Crippen molar-refractivity contribution < 1.29 is 14.3 Å². The number of nitrogens with two attached hydrogens (primary N) is 1. The number of benzene rings is 1. The summed E-state index contributed by atoms with van der Waals surface area (Å²) in [6, 6.07) is 6.98. The zero-order chi connectivity index (χ0) is 13.7. The Bertz CT molecular complexity index is 428. The Morgan fingerprint density at radius 1 is 1.28 bits per heavy atom. The molecule has 0 bridgehead atoms. The number of ether oxygens (including phenoxy) is 1. The summed E-state index contributed by atoms with van der Waals surface area (Å²) in [5.74, 6) is -1.50. The van der Waals surface area contributed by atoms with E-state index < -0.39 is 24.4 Å². The molecule has 0 aliphatic heterocycles. The van der Waals surface area contributed by atoms with E-state index in [9.17, 15) is 9.59 Å². The standard InChI is InChI=1S/C13H16ClNO3/c1-8(2)12(13(17)18-7-11(15)16)9-3-5-10(14)6-4-9/h3-6,8,12H,7H2,1-2H3,(H2,15,16)/t12-/m0/s1. The van der Waals surface area contributed by atoms with E-state index >= 15 is 0 Å². The molecule has 5 heteroatoms. The van der Waals surface area contributed by atoms with E-state index in [2.05, 4.69) is 0 Å². The zero-order valence-corrected chi connectivity index (χ0v) is 11.1. The van der Waals surface area contributed by atoms with Crippen molar-refractivity contribution in [2.45, 2.75) is 19.8 Å². The fraction of sp³-hybridized carbons (Fsp3) is 0.385. The lowest BCUT2D eigenvalue weighted by Crippen LogP contribution is -2.26. The van der Waals surface area contributed by atoms with Crippen LogP contribution in [0, 0.1) is 5.92 Å². The van der Waals surface area contributed by atoms with E-state index in [0.29, 0.717) is 5.02 Å². The van der Waals surface area contributed by atoms with Crippen molar-refractivity contribution in [2.24, 2.45) is 11.7 Å². The van der Waals surface area contributed by atoms with Gasteiger partial charge in [0.15, 0.2) is 6.61 Å². The number of halogens is 1. The molecule has 1 atom stereocenters. The predicted molar refractivity (Wildman–Crippen MR) is 69.2 cm³/mol. The maximum Gasteiger partial charge on any atom is 0.314 e. The Balaban J connectivity index is 2.85. The maximum absolute atomic E-state index is 11.9. The van der Waals surface area contributed by atoms with Crippen LogP contribution < -0.4 is 5.73 Å². The van der Waals surface area contributed by atoms with E-state index in [1.54, 1.807) is 24.3 Å². The van der Waals surface area contributed by atoms with Crippen LogP contribution in [0.15, 0.2) is 24.3 Å². The monoisotopic (exact) mass is 269 g/mol. The molecule has 0 aromatic heterocycles. The first-order valence-electron chi connectivity index (χ1n) is 5.62. The van der Waals surface area contributed by atoms with Crippen LogP contribution in [0.1, 0.15) is 25.3 Å². The highest BCUT2D eigenvalue weighted by molar-refractivity contribution is 6.30. The van der Waals surface area contributed by atoms with Crippen LogP contribution in [-0.4, -0.2) is 18.5 Å². The summed E-state index contributed by atoms with van der Waals surface area (Å²) in [5.41, 5.74) is 5.75. The molecule has 1 rings (SSSR count). The highest BCUT2D eigenvalue weighted by Gasteiger charge is 2.25. The Morgan fingerprint density at radius 2 is 1.83 bits per heavy atom. The molecular formula is C13H16ClNO3. The van der Waals surface area contributed by atoms with E-state index in [1.807, 2.05) is 13.8 Å². The third-order valence-electron chi connectivity index (χ3n) is 2.51. The van der Waals surface area contributed by atoms with Gasteiger partial charge in [-0.2, -0.15) is 0 Å². The van der Waals surface area contributed by atoms with Crippen molar-refractivity contribution in [3.8, 4) is 0 Å². The first kappa shape index (κ1) is 14.5. The fourth-order valence-corrected chi connectivity index (χ4v) is 1.82. The lowest BCUT2D eigenvalue weighted by atomic mass is 9.88. The minimum atomic E-state index is -0.665. The molecule has 1 aromatic rings. The van der Waals surface area contributed by atoms with E-state index in [-0.39, 0.29) is 5.92 Å². The van der Waals surface area contributed by atoms with Gasteiger partial charge in [0, 0.05) is 5.02 Å². The molecule has 0 fully saturated rings. The number of carbonyl (C=O) groups is 2. The number of amides is 1. The number of primary amides is 1. The number of esters is 1. The highest BCUT2D eigenvalue weighted by atomic mass is 35.5. The molecule has 0 spiro atoms. The highest BCUT2D eigenvalue weighted by Crippen LogP contribution is 2.26. The van der Waals surface area contributed by atoms with Crippen LogP contribution in [0.2, 0.25) is 5.02 Å². The summed E-state index contributed by atoms with van der Waals surface area (Å²) in [4.78, 5) is 22.5. The minimum Gasteiger partial charge on any atom is -0.455 e. The van der Waals surface area contributed by atoms with Crippen LogP contribution in [0.4, 0.5) is 0 Å². The van der Waals surface area contributed by atoms with Gasteiger partial charge in [0.05, 0.1) is 5.92 Å². The second-order valence-electron chi connectivity index (χ2n) is 4.35. The normalized spacial score (nSPS) is 12.2. The average molecular weight is 270 g/mol. The molecule has 0 radical (unpaired) electrons. The molecule has 1 amide bonds. The van der Waals surface area contributed by atoms with Gasteiger partial charge in [-0.05, 0) is 23.6 Å². The number of carbonyl (C=O) groups excluding carboxylic acids is 2. The molecule has 0 heterocycles. The predicted octanol–water partition coefficient (Wildman–Crippen LogP) is 2.11. The molecule has 4 nitrogen and oxygen atoms in total. The topological polar surface area (TPSA) is 69.4 Å². The summed E-state index contributed by atoms with van der Waals surface area (Å²) in [6.07, 6.45) is 0. The largest absolute Gasteiger partial charge is 0.455 e. The molecule has 0 aliphatic carbocycles. The fourth-order valence-electron chi connectivity index (χ4n) is 1.70. The summed E-state index contributed by atoms with van der Waals surface area (Å²) in [7, 11) is 0. The Hall–Kier alpha value is -1.55. The summed E-state index contributed by atoms with van der Waals surface area (Å²) in [5, 5.41) is 0.603. The molecule has 98 valence electrons. The molecule has 0 aliphatic rings. The molecule has 0 saturated carbocycles. The van der Waals surface area contributed by atoms with Gasteiger partial charge in [-0.25, -0.2) is 0 Å². The van der Waals surface area contributed by atoms with Gasteiger partial charge >= 0.3 is 5.97 Å². The molecular weight excluding hydrogens is 254 g/mol. The van der Waals surface area contributed by atoms with Crippen molar-refractivity contribution in [1.82, 2.24) is 0 Å². The second-order valence-corrected chi connectivity index (χ2v) is 4.78. The third kappa shape index (κ3) is 4.04. The van der Waals surface area contributed by atoms with E-state index in [0.717, 1.165) is 5.56 Å². The van der Waals surface area contributed by atoms with Gasteiger partial charge in [0.1, 0.15) is 0 Å². The number of rotatable bonds is 5. The van der Waals surface area contributed by atoms with Crippen LogP contribution >= 0.6 is 11.6 Å². The van der Waals surface area contributed by atoms with Gasteiger partial charge in [0.25, 0.3) is 5.91 Å². The van der Waals surface area contributed by atoms with Crippen molar-refractivity contribution in [3.63, 3.8) is 0 Å². The van der Waals surface area contributed by atoms with Gasteiger partial charge < -0.3 is 10.5 Å². The van der Waals surface area contributed by atoms with E-state index in [1.165, 1.54) is 0 Å². The van der Waals surface area contributed by atoms with Crippen LogP contribution in [-0.2, 0) is 14.3 Å². The lowest BCUT2D eigenvalue weighted by Gasteiger charge is -2.19. The average Bonchev–Trinajstić information content (AvgIpc) is 2.29. The SMILES string of the molecule is CC(C)[C@H](C(=O)OCC(N)=O)c1ccc(Cl)cc1. The Labute approximate surface area is 111 Å². The first-order chi connectivity index (χ1) is 8.41. The van der Waals surface area contributed by atoms with Gasteiger partial charge in [0.2, 0.25) is 0 Å². The lowest BCUT2D eigenvalue weighted by molar-refractivity contribution is -0.150. The number of hydrogen-bond acceptors (Lipinski definition) is 3. The summed E-state index contributed by atoms with van der Waals surface area (Å²) >= 11 is 5.80. The molecule has 2 N–H and O–H groups in total. The van der Waals surface area contributed by atoms with Crippen molar-refractivity contribution in [3.05, 3.63) is 34.9 Å². The molecule has 0 unspecified atom stereocenters. The molecule has 1 aromatic carbocycles. The Kier molecular flexibility index (Phi) is 5.16. The van der Waals surface area contributed by atoms with Gasteiger partial charge in [-0.3, -0.25) is 9.59 Å². The maximum atomic E-state index is 11.9. The second kappa shape index (κ2) is 6.40. The van der Waals surface area contributed by atoms with Crippen molar-refractivity contribution >= 4 is 23.5 Å². The van der Waals surface area contributed by atoms with Gasteiger partial charge in [-0.1, -0.05) is 37.6 Å². The zero-order valence-electron chi connectivity index (χ0n) is 10.4. The van der Waals surface area contributed by atoms with Crippen molar-refractivity contribution in [2.75, 3.05) is 6.61 Å². The molecule has 18 heavy (non-hydrogen) atoms. The minimum absolute atomic E-state index is 0.0477. The molecule has 0 saturated heterocycles. The number of hydrogen-bond donors (Lipinski definition) is 1. The van der Waals surface area contributed by atoms with Crippen LogP contribution in [0.5, 0.6) is 0 Å². The quantitative estimate of drug-likeness (QED) is 0.833.